The van der Waals surface area contributed by atoms with Gasteiger partial charge in [-0.25, -0.2) is 0 Å². The Balaban J connectivity index is 2.02. The van der Waals surface area contributed by atoms with Gasteiger partial charge in [0.1, 0.15) is 0 Å². The molecule has 0 amide bonds. The third-order valence-corrected chi connectivity index (χ3v) is 4.35. The molecule has 0 aliphatic heterocycles. The second-order valence-electron chi connectivity index (χ2n) is 6.04. The van der Waals surface area contributed by atoms with Gasteiger partial charge in [0, 0.05) is 17.9 Å². The molecular formula is C23H23NO2. The fraction of sp³-hybridized carbons (Fsp3) is 0.174. The van der Waals surface area contributed by atoms with E-state index in [2.05, 4.69) is 5.32 Å². The van der Waals surface area contributed by atoms with Crippen molar-refractivity contribution in [1.82, 2.24) is 0 Å². The van der Waals surface area contributed by atoms with E-state index in [4.69, 9.17) is 4.74 Å². The Morgan fingerprint density at radius 1 is 0.846 bits per heavy atom. The molecule has 0 saturated carbocycles. The molecule has 3 nitrogen and oxygen atoms in total. The lowest BCUT2D eigenvalue weighted by atomic mass is 9.85. The molecule has 132 valence electrons. The maximum atomic E-state index is 13.5. The summed E-state index contributed by atoms with van der Waals surface area (Å²) in [5.74, 6) is -0.0467. The number of benzene rings is 3. The number of para-hydroxylation sites is 1. The SMILES string of the molecule is CCO[C@@](CNc1ccccc1)(C(=O)c1ccccc1)c1ccccc1. The molecule has 3 aromatic rings. The van der Waals surface area contributed by atoms with Gasteiger partial charge in [0.25, 0.3) is 0 Å². The van der Waals surface area contributed by atoms with Gasteiger partial charge >= 0.3 is 0 Å². The average molecular weight is 345 g/mol. The van der Waals surface area contributed by atoms with Gasteiger partial charge in [-0.2, -0.15) is 0 Å². The standard InChI is InChI=1S/C23H23NO2/c1-2-26-23(20-14-8-4-9-15-20,18-24-21-16-10-5-11-17-21)22(25)19-12-6-3-7-13-19/h3-17,24H,2,18H2,1H3/t23-/m1/s1. The minimum absolute atomic E-state index is 0.0467. The maximum absolute atomic E-state index is 13.5. The largest absolute Gasteiger partial charge is 0.381 e. The molecule has 0 unspecified atom stereocenters. The molecule has 1 atom stereocenters. The molecule has 0 aliphatic carbocycles. The van der Waals surface area contributed by atoms with Crippen LogP contribution in [-0.4, -0.2) is 18.9 Å². The zero-order chi connectivity index (χ0) is 18.2. The summed E-state index contributed by atoms with van der Waals surface area (Å²) in [4.78, 5) is 13.5. The van der Waals surface area contributed by atoms with Crippen molar-refractivity contribution < 1.29 is 9.53 Å². The van der Waals surface area contributed by atoms with Crippen LogP contribution >= 0.6 is 0 Å². The van der Waals surface area contributed by atoms with Gasteiger partial charge in [-0.05, 0) is 24.6 Å². The lowest BCUT2D eigenvalue weighted by Crippen LogP contribution is -2.45. The Kier molecular flexibility index (Phi) is 5.82. The van der Waals surface area contributed by atoms with E-state index in [9.17, 15) is 4.79 Å². The number of nitrogens with one attached hydrogen (secondary N) is 1. The highest BCUT2D eigenvalue weighted by molar-refractivity contribution is 6.03. The van der Waals surface area contributed by atoms with Crippen LogP contribution in [0.1, 0.15) is 22.8 Å². The van der Waals surface area contributed by atoms with Gasteiger partial charge in [0.15, 0.2) is 5.60 Å². The molecule has 0 radical (unpaired) electrons. The third kappa shape index (κ3) is 3.84. The van der Waals surface area contributed by atoms with E-state index in [0.29, 0.717) is 18.7 Å². The normalized spacial score (nSPS) is 13.0. The van der Waals surface area contributed by atoms with Gasteiger partial charge in [0.2, 0.25) is 5.78 Å². The highest BCUT2D eigenvalue weighted by atomic mass is 16.5. The molecule has 3 aromatic carbocycles. The van der Waals surface area contributed by atoms with Crippen LogP contribution in [0.3, 0.4) is 0 Å². The molecule has 0 bridgehead atoms. The van der Waals surface area contributed by atoms with Gasteiger partial charge in [-0.1, -0.05) is 78.9 Å². The van der Waals surface area contributed by atoms with Crippen LogP contribution in [0.2, 0.25) is 0 Å². The lowest BCUT2D eigenvalue weighted by molar-refractivity contribution is -0.0161. The summed E-state index contributed by atoms with van der Waals surface area (Å²) in [6, 6.07) is 28.9. The summed E-state index contributed by atoms with van der Waals surface area (Å²) in [6.45, 7) is 2.70. The number of anilines is 1. The minimum Gasteiger partial charge on any atom is -0.381 e. The number of Topliss-reactive ketones (excluding diaryl/α,β-unsaturated/α-hetero) is 1. The summed E-state index contributed by atoms with van der Waals surface area (Å²) in [6.07, 6.45) is 0. The summed E-state index contributed by atoms with van der Waals surface area (Å²) in [7, 11) is 0. The zero-order valence-corrected chi connectivity index (χ0v) is 14.9. The van der Waals surface area contributed by atoms with E-state index in [0.717, 1.165) is 11.3 Å². The second-order valence-corrected chi connectivity index (χ2v) is 6.04. The van der Waals surface area contributed by atoms with E-state index in [1.165, 1.54) is 0 Å². The van der Waals surface area contributed by atoms with Crippen molar-refractivity contribution in [2.24, 2.45) is 0 Å². The minimum atomic E-state index is -1.09. The first kappa shape index (κ1) is 17.9. The highest BCUT2D eigenvalue weighted by Crippen LogP contribution is 2.31. The zero-order valence-electron chi connectivity index (χ0n) is 14.9. The third-order valence-electron chi connectivity index (χ3n) is 4.35. The molecule has 3 heteroatoms. The Labute approximate surface area is 154 Å². The van der Waals surface area contributed by atoms with Crippen LogP contribution in [-0.2, 0) is 10.3 Å². The monoisotopic (exact) mass is 345 g/mol. The van der Waals surface area contributed by atoms with Crippen LogP contribution in [0.25, 0.3) is 0 Å². The lowest BCUT2D eigenvalue weighted by Gasteiger charge is -2.33. The Bertz CT molecular complexity index is 819. The summed E-state index contributed by atoms with van der Waals surface area (Å²) in [5, 5.41) is 3.37. The van der Waals surface area contributed by atoms with Crippen LogP contribution in [0, 0.1) is 0 Å². The van der Waals surface area contributed by atoms with Crippen LogP contribution in [0.4, 0.5) is 5.69 Å². The van der Waals surface area contributed by atoms with Crippen molar-refractivity contribution in [3.05, 3.63) is 102 Å². The molecule has 3 rings (SSSR count). The van der Waals surface area contributed by atoms with Gasteiger partial charge in [0.05, 0.1) is 6.54 Å². The predicted octanol–water partition coefficient (Wildman–Crippen LogP) is 4.91. The number of carbonyl (C=O) groups excluding carboxylic acids is 1. The molecule has 0 aliphatic rings. The first-order valence-electron chi connectivity index (χ1n) is 8.84. The van der Waals surface area contributed by atoms with E-state index in [-0.39, 0.29) is 5.78 Å². The first-order chi connectivity index (χ1) is 12.8. The molecule has 0 saturated heterocycles. The van der Waals surface area contributed by atoms with Gasteiger partial charge < -0.3 is 10.1 Å². The fourth-order valence-electron chi connectivity index (χ4n) is 3.07. The Morgan fingerprint density at radius 3 is 1.96 bits per heavy atom. The maximum Gasteiger partial charge on any atom is 0.201 e. The fourth-order valence-corrected chi connectivity index (χ4v) is 3.07. The molecule has 26 heavy (non-hydrogen) atoms. The molecule has 0 heterocycles. The van der Waals surface area contributed by atoms with Crippen molar-refractivity contribution in [1.29, 1.82) is 0 Å². The number of ether oxygens (including phenoxy) is 1. The predicted molar refractivity (Wildman–Crippen MR) is 105 cm³/mol. The second kappa shape index (κ2) is 8.45. The van der Waals surface area contributed by atoms with Crippen molar-refractivity contribution >= 4 is 11.5 Å². The van der Waals surface area contributed by atoms with Crippen molar-refractivity contribution in [2.45, 2.75) is 12.5 Å². The van der Waals surface area contributed by atoms with E-state index in [1.807, 2.05) is 97.9 Å². The summed E-state index contributed by atoms with van der Waals surface area (Å²) >= 11 is 0. The quantitative estimate of drug-likeness (QED) is 0.589. The molecule has 0 spiro atoms. The molecule has 1 N–H and O–H groups in total. The van der Waals surface area contributed by atoms with Gasteiger partial charge in [-0.3, -0.25) is 4.79 Å². The molecular weight excluding hydrogens is 322 g/mol. The Morgan fingerprint density at radius 2 is 1.38 bits per heavy atom. The summed E-state index contributed by atoms with van der Waals surface area (Å²) in [5.41, 5.74) is 1.35. The van der Waals surface area contributed by atoms with Crippen molar-refractivity contribution in [3.63, 3.8) is 0 Å². The number of hydrogen-bond donors (Lipinski definition) is 1. The smallest absolute Gasteiger partial charge is 0.201 e. The summed E-state index contributed by atoms with van der Waals surface area (Å²) < 4.78 is 6.14. The molecule has 0 fully saturated rings. The van der Waals surface area contributed by atoms with Crippen molar-refractivity contribution in [3.8, 4) is 0 Å². The van der Waals surface area contributed by atoms with Crippen molar-refractivity contribution in [2.75, 3.05) is 18.5 Å². The van der Waals surface area contributed by atoms with E-state index >= 15 is 0 Å². The van der Waals surface area contributed by atoms with E-state index < -0.39 is 5.60 Å². The number of ketones is 1. The number of carbonyl (C=O) groups is 1. The molecule has 0 aromatic heterocycles. The topological polar surface area (TPSA) is 38.3 Å². The van der Waals surface area contributed by atoms with Crippen LogP contribution in [0.5, 0.6) is 0 Å². The van der Waals surface area contributed by atoms with Crippen LogP contribution in [0.15, 0.2) is 91.0 Å². The first-order valence-corrected chi connectivity index (χ1v) is 8.84. The Hall–Kier alpha value is -2.91. The van der Waals surface area contributed by atoms with E-state index in [1.54, 1.807) is 0 Å². The highest BCUT2D eigenvalue weighted by Gasteiger charge is 2.41. The average Bonchev–Trinajstić information content (AvgIpc) is 2.73. The number of hydrogen-bond acceptors (Lipinski definition) is 3. The van der Waals surface area contributed by atoms with Gasteiger partial charge in [-0.15, -0.1) is 0 Å². The van der Waals surface area contributed by atoms with Crippen LogP contribution < -0.4 is 5.32 Å². The number of rotatable bonds is 8.